The molecule has 26 heavy (non-hydrogen) atoms. The van der Waals surface area contributed by atoms with E-state index in [0.717, 1.165) is 32.1 Å². The maximum absolute atomic E-state index is 5.92. The molecule has 0 aliphatic rings. The van der Waals surface area contributed by atoms with E-state index in [1.807, 2.05) is 30.3 Å². The summed E-state index contributed by atoms with van der Waals surface area (Å²) in [5.41, 5.74) is 3.19. The summed E-state index contributed by atoms with van der Waals surface area (Å²) in [6, 6.07) is 18.2. The third-order valence-electron chi connectivity index (χ3n) is 3.92. The minimum absolute atomic E-state index is 0.230. The average molecular weight is 386 g/mol. The Labute approximate surface area is 163 Å². The van der Waals surface area contributed by atoms with Crippen molar-refractivity contribution in [3.63, 3.8) is 0 Å². The number of hydrogen-bond acceptors (Lipinski definition) is 4. The molecule has 3 aromatic rings. The molecule has 0 N–H and O–H groups in total. The standard InChI is InChI=1S/C21H20ClNO2S/c1-24-21(25-2)14-26-20-12-9-17-8-5-16(13-19(17)23-20)4-3-15-6-10-18(22)11-7-15/h3-13,21H,14H2,1-2H3/b4-3+. The van der Waals surface area contributed by atoms with E-state index in [-0.39, 0.29) is 6.29 Å². The van der Waals surface area contributed by atoms with Crippen LogP contribution < -0.4 is 0 Å². The lowest BCUT2D eigenvalue weighted by atomic mass is 10.1. The molecule has 1 aromatic heterocycles. The lowest BCUT2D eigenvalue weighted by Gasteiger charge is -2.12. The van der Waals surface area contributed by atoms with Gasteiger partial charge in [-0.15, -0.1) is 11.8 Å². The SMILES string of the molecule is COC(CSc1ccc2ccc(/C=C/c3ccc(Cl)cc3)cc2n1)OC. The van der Waals surface area contributed by atoms with Crippen molar-refractivity contribution in [1.82, 2.24) is 4.98 Å². The first-order valence-electron chi connectivity index (χ1n) is 8.21. The first-order valence-corrected chi connectivity index (χ1v) is 9.57. The average Bonchev–Trinajstić information content (AvgIpc) is 2.68. The summed E-state index contributed by atoms with van der Waals surface area (Å²) in [6.45, 7) is 0. The number of aromatic nitrogens is 1. The second-order valence-electron chi connectivity index (χ2n) is 5.70. The highest BCUT2D eigenvalue weighted by atomic mass is 35.5. The number of ether oxygens (including phenoxy) is 2. The van der Waals surface area contributed by atoms with Crippen molar-refractivity contribution < 1.29 is 9.47 Å². The Hall–Kier alpha value is -1.85. The number of nitrogens with zero attached hydrogens (tertiary/aromatic N) is 1. The molecule has 0 spiro atoms. The Balaban J connectivity index is 1.77. The number of fused-ring (bicyclic) bond motifs is 1. The van der Waals surface area contributed by atoms with Gasteiger partial charge >= 0.3 is 0 Å². The van der Waals surface area contributed by atoms with Crippen LogP contribution in [0.15, 0.2) is 59.6 Å². The number of thioether (sulfide) groups is 1. The normalized spacial score (nSPS) is 11.7. The first kappa shape index (κ1) is 18.9. The van der Waals surface area contributed by atoms with Crippen LogP contribution >= 0.6 is 23.4 Å². The van der Waals surface area contributed by atoms with Gasteiger partial charge in [0.1, 0.15) is 0 Å². The molecule has 3 nitrogen and oxygen atoms in total. The third-order valence-corrected chi connectivity index (χ3v) is 5.14. The van der Waals surface area contributed by atoms with Crippen molar-refractivity contribution in [2.45, 2.75) is 11.3 Å². The molecule has 0 aliphatic carbocycles. The van der Waals surface area contributed by atoms with E-state index >= 15 is 0 Å². The van der Waals surface area contributed by atoms with E-state index in [4.69, 9.17) is 26.1 Å². The van der Waals surface area contributed by atoms with E-state index < -0.39 is 0 Å². The van der Waals surface area contributed by atoms with Gasteiger partial charge in [0.15, 0.2) is 6.29 Å². The van der Waals surface area contributed by atoms with Gasteiger partial charge in [0.25, 0.3) is 0 Å². The zero-order chi connectivity index (χ0) is 18.4. The fourth-order valence-electron chi connectivity index (χ4n) is 2.45. The van der Waals surface area contributed by atoms with E-state index in [1.54, 1.807) is 26.0 Å². The largest absolute Gasteiger partial charge is 0.355 e. The van der Waals surface area contributed by atoms with Crippen LogP contribution in [0.4, 0.5) is 0 Å². The molecule has 5 heteroatoms. The molecule has 0 atom stereocenters. The molecule has 0 saturated carbocycles. The van der Waals surface area contributed by atoms with Gasteiger partial charge in [-0.25, -0.2) is 4.98 Å². The number of pyridine rings is 1. The van der Waals surface area contributed by atoms with Crippen molar-refractivity contribution in [2.24, 2.45) is 0 Å². The number of rotatable bonds is 7. The monoisotopic (exact) mass is 385 g/mol. The topological polar surface area (TPSA) is 31.4 Å². The second-order valence-corrected chi connectivity index (χ2v) is 7.18. The summed E-state index contributed by atoms with van der Waals surface area (Å²) in [5.74, 6) is 0.696. The summed E-state index contributed by atoms with van der Waals surface area (Å²) >= 11 is 7.54. The Bertz CT molecular complexity index is 892. The molecule has 0 aliphatic heterocycles. The number of benzene rings is 2. The fourth-order valence-corrected chi connectivity index (χ4v) is 3.48. The van der Waals surface area contributed by atoms with Crippen LogP contribution in [0.5, 0.6) is 0 Å². The van der Waals surface area contributed by atoms with Crippen molar-refractivity contribution in [2.75, 3.05) is 20.0 Å². The van der Waals surface area contributed by atoms with Gasteiger partial charge in [-0.05, 0) is 35.4 Å². The van der Waals surface area contributed by atoms with Crippen LogP contribution in [0.1, 0.15) is 11.1 Å². The van der Waals surface area contributed by atoms with Crippen LogP contribution in [0.2, 0.25) is 5.02 Å². The summed E-state index contributed by atoms with van der Waals surface area (Å²) in [7, 11) is 3.28. The van der Waals surface area contributed by atoms with Crippen molar-refractivity contribution in [3.8, 4) is 0 Å². The van der Waals surface area contributed by atoms with E-state index in [9.17, 15) is 0 Å². The third kappa shape index (κ3) is 5.08. The zero-order valence-electron chi connectivity index (χ0n) is 14.7. The molecule has 0 unspecified atom stereocenters. The van der Waals surface area contributed by atoms with E-state index in [1.165, 1.54) is 0 Å². The zero-order valence-corrected chi connectivity index (χ0v) is 16.3. The minimum atomic E-state index is -0.230. The predicted octanol–water partition coefficient (Wildman–Crippen LogP) is 5.77. The van der Waals surface area contributed by atoms with Gasteiger partial charge in [-0.2, -0.15) is 0 Å². The maximum atomic E-state index is 5.92. The molecule has 0 amide bonds. The minimum Gasteiger partial charge on any atom is -0.355 e. The highest BCUT2D eigenvalue weighted by Gasteiger charge is 2.07. The van der Waals surface area contributed by atoms with Gasteiger partial charge in [-0.3, -0.25) is 0 Å². The number of methoxy groups -OCH3 is 2. The molecular formula is C21H20ClNO2S. The molecule has 2 aromatic carbocycles. The van der Waals surface area contributed by atoms with Crippen LogP contribution in [0.3, 0.4) is 0 Å². The lowest BCUT2D eigenvalue weighted by Crippen LogP contribution is -2.15. The molecule has 0 saturated heterocycles. The summed E-state index contributed by atoms with van der Waals surface area (Å²) < 4.78 is 10.4. The van der Waals surface area contributed by atoms with Gasteiger partial charge < -0.3 is 9.47 Å². The predicted molar refractivity (Wildman–Crippen MR) is 111 cm³/mol. The van der Waals surface area contributed by atoms with Crippen molar-refractivity contribution in [1.29, 1.82) is 0 Å². The van der Waals surface area contributed by atoms with Gasteiger partial charge in [0.05, 0.1) is 16.3 Å². The van der Waals surface area contributed by atoms with E-state index in [2.05, 4.69) is 36.4 Å². The highest BCUT2D eigenvalue weighted by Crippen LogP contribution is 2.23. The van der Waals surface area contributed by atoms with Crippen LogP contribution in [0, 0.1) is 0 Å². The molecule has 1 heterocycles. The molecule has 0 bridgehead atoms. The molecular weight excluding hydrogens is 366 g/mol. The first-order chi connectivity index (χ1) is 12.7. The van der Waals surface area contributed by atoms with Gasteiger partial charge in [0, 0.05) is 24.6 Å². The second kappa shape index (κ2) is 9.19. The smallest absolute Gasteiger partial charge is 0.166 e. The summed E-state index contributed by atoms with van der Waals surface area (Å²) in [6.07, 6.45) is 3.92. The maximum Gasteiger partial charge on any atom is 0.166 e. The Kier molecular flexibility index (Phi) is 6.69. The van der Waals surface area contributed by atoms with Crippen LogP contribution in [0.25, 0.3) is 23.1 Å². The quantitative estimate of drug-likeness (QED) is 0.293. The fraction of sp³-hybridized carbons (Fsp3) is 0.190. The molecule has 0 radical (unpaired) electrons. The molecule has 0 fully saturated rings. The number of halogens is 1. The number of hydrogen-bond donors (Lipinski definition) is 0. The van der Waals surface area contributed by atoms with Crippen LogP contribution in [-0.4, -0.2) is 31.2 Å². The highest BCUT2D eigenvalue weighted by molar-refractivity contribution is 7.99. The van der Waals surface area contributed by atoms with E-state index in [0.29, 0.717) is 5.75 Å². The van der Waals surface area contributed by atoms with Crippen molar-refractivity contribution in [3.05, 3.63) is 70.7 Å². The van der Waals surface area contributed by atoms with Gasteiger partial charge in [-0.1, -0.05) is 54.1 Å². The molecule has 3 rings (SSSR count). The summed E-state index contributed by atoms with van der Waals surface area (Å²) in [5, 5.41) is 2.81. The van der Waals surface area contributed by atoms with Crippen molar-refractivity contribution >= 4 is 46.4 Å². The van der Waals surface area contributed by atoms with Gasteiger partial charge in [0.2, 0.25) is 0 Å². The molecule has 134 valence electrons. The lowest BCUT2D eigenvalue weighted by molar-refractivity contribution is -0.0842. The van der Waals surface area contributed by atoms with Crippen LogP contribution in [-0.2, 0) is 9.47 Å². The Morgan fingerprint density at radius 1 is 0.962 bits per heavy atom. The Morgan fingerprint density at radius 3 is 2.35 bits per heavy atom. The Morgan fingerprint density at radius 2 is 1.62 bits per heavy atom. The summed E-state index contributed by atoms with van der Waals surface area (Å²) in [4.78, 5) is 4.74.